The molecular formula is C22H24N6O3S2. The Morgan fingerprint density at radius 3 is 2.70 bits per heavy atom. The standard InChI is InChI=1S/C22H24N6O3S2/c1-11-17(21-27-13-4-2-3-5-15(13)33-21)20(26-14-8-12(10-29)18(30)19(14)31)28-22(25-11)24-9-16-23-6-7-32-16/h2-7,12,14,18-19,29-31H,8-10H2,1H3,(H2,24,25,26,28)/t12-,14-,18-,19+/m1/s1. The second-order valence-corrected chi connectivity index (χ2v) is 10.0. The molecule has 1 aliphatic carbocycles. The Morgan fingerprint density at radius 2 is 1.97 bits per heavy atom. The number of aromatic nitrogens is 4. The Morgan fingerprint density at radius 1 is 1.12 bits per heavy atom. The van der Waals surface area contributed by atoms with Gasteiger partial charge in [0.15, 0.2) is 0 Å². The molecule has 11 heteroatoms. The lowest BCUT2D eigenvalue weighted by Crippen LogP contribution is -2.35. The number of aliphatic hydroxyl groups excluding tert-OH is 3. The molecule has 4 aromatic rings. The normalized spacial score (nSPS) is 22.7. The van der Waals surface area contributed by atoms with E-state index in [0.717, 1.165) is 31.5 Å². The third-order valence-corrected chi connectivity index (χ3v) is 7.67. The smallest absolute Gasteiger partial charge is 0.225 e. The number of hydrogen-bond donors (Lipinski definition) is 5. The van der Waals surface area contributed by atoms with E-state index in [0.29, 0.717) is 24.7 Å². The number of nitrogens with zero attached hydrogens (tertiary/aromatic N) is 4. The van der Waals surface area contributed by atoms with E-state index in [1.165, 1.54) is 0 Å². The van der Waals surface area contributed by atoms with Crippen molar-refractivity contribution in [3.63, 3.8) is 0 Å². The van der Waals surface area contributed by atoms with Crippen LogP contribution in [0.3, 0.4) is 0 Å². The van der Waals surface area contributed by atoms with E-state index in [1.54, 1.807) is 28.9 Å². The lowest BCUT2D eigenvalue weighted by Gasteiger charge is -2.21. The van der Waals surface area contributed by atoms with Crippen LogP contribution in [0.5, 0.6) is 0 Å². The average molecular weight is 485 g/mol. The zero-order chi connectivity index (χ0) is 22.9. The van der Waals surface area contributed by atoms with Gasteiger partial charge in [-0.2, -0.15) is 4.98 Å². The Bertz CT molecular complexity index is 1220. The molecule has 0 bridgehead atoms. The summed E-state index contributed by atoms with van der Waals surface area (Å²) in [5.74, 6) is 0.564. The fourth-order valence-electron chi connectivity index (χ4n) is 4.11. The number of aliphatic hydroxyl groups is 3. The van der Waals surface area contributed by atoms with Crippen molar-refractivity contribution in [1.29, 1.82) is 0 Å². The van der Waals surface area contributed by atoms with Crippen molar-refractivity contribution in [3.05, 3.63) is 46.5 Å². The maximum Gasteiger partial charge on any atom is 0.225 e. The highest BCUT2D eigenvalue weighted by molar-refractivity contribution is 7.21. The summed E-state index contributed by atoms with van der Waals surface area (Å²) in [5, 5.41) is 40.5. The van der Waals surface area contributed by atoms with E-state index in [1.807, 2.05) is 36.6 Å². The molecule has 1 aliphatic rings. The van der Waals surface area contributed by atoms with Crippen LogP contribution in [-0.4, -0.2) is 60.1 Å². The van der Waals surface area contributed by atoms with Crippen molar-refractivity contribution in [3.8, 4) is 10.6 Å². The summed E-state index contributed by atoms with van der Waals surface area (Å²) in [6, 6.07) is 7.44. The molecular weight excluding hydrogens is 460 g/mol. The van der Waals surface area contributed by atoms with Crippen molar-refractivity contribution >= 4 is 44.7 Å². The first-order chi connectivity index (χ1) is 16.0. The number of fused-ring (bicyclic) bond motifs is 1. The van der Waals surface area contributed by atoms with Crippen molar-refractivity contribution in [2.75, 3.05) is 17.2 Å². The second-order valence-electron chi connectivity index (χ2n) is 8.03. The molecule has 4 atom stereocenters. The maximum absolute atomic E-state index is 10.6. The number of benzene rings is 1. The van der Waals surface area contributed by atoms with Gasteiger partial charge in [0.2, 0.25) is 5.95 Å². The summed E-state index contributed by atoms with van der Waals surface area (Å²) in [7, 11) is 0. The highest BCUT2D eigenvalue weighted by Crippen LogP contribution is 2.38. The summed E-state index contributed by atoms with van der Waals surface area (Å²) in [6.45, 7) is 2.21. The first-order valence-corrected chi connectivity index (χ1v) is 12.3. The molecule has 9 nitrogen and oxygen atoms in total. The molecule has 0 unspecified atom stereocenters. The molecule has 0 radical (unpaired) electrons. The highest BCUT2D eigenvalue weighted by Gasteiger charge is 2.41. The summed E-state index contributed by atoms with van der Waals surface area (Å²) in [6.07, 6.45) is 0.154. The fourth-order valence-corrected chi connectivity index (χ4v) is 5.73. The van der Waals surface area contributed by atoms with Crippen LogP contribution in [0.4, 0.5) is 11.8 Å². The molecule has 0 saturated heterocycles. The van der Waals surface area contributed by atoms with E-state index in [-0.39, 0.29) is 6.61 Å². The third kappa shape index (κ3) is 4.42. The molecule has 3 aromatic heterocycles. The molecule has 1 aromatic carbocycles. The number of anilines is 2. The molecule has 1 saturated carbocycles. The summed E-state index contributed by atoms with van der Waals surface area (Å²) < 4.78 is 1.06. The number of aryl methyl sites for hydroxylation is 1. The number of hydrogen-bond acceptors (Lipinski definition) is 11. The zero-order valence-corrected chi connectivity index (χ0v) is 19.5. The van der Waals surface area contributed by atoms with E-state index in [2.05, 4.69) is 20.6 Å². The fraction of sp³-hybridized carbons (Fsp3) is 0.364. The molecule has 3 heterocycles. The van der Waals surface area contributed by atoms with E-state index < -0.39 is 24.2 Å². The van der Waals surface area contributed by atoms with Gasteiger partial charge < -0.3 is 26.0 Å². The molecule has 1 fully saturated rings. The van der Waals surface area contributed by atoms with Gasteiger partial charge in [-0.1, -0.05) is 12.1 Å². The van der Waals surface area contributed by atoms with Crippen LogP contribution in [0, 0.1) is 12.8 Å². The van der Waals surface area contributed by atoms with Gasteiger partial charge >= 0.3 is 0 Å². The Kier molecular flexibility index (Phi) is 6.21. The van der Waals surface area contributed by atoms with E-state index in [4.69, 9.17) is 9.97 Å². The minimum Gasteiger partial charge on any atom is -0.396 e. The topological polar surface area (TPSA) is 136 Å². The summed E-state index contributed by atoms with van der Waals surface area (Å²) >= 11 is 3.09. The third-order valence-electron chi connectivity index (χ3n) is 5.84. The molecule has 5 N–H and O–H groups in total. The summed E-state index contributed by atoms with van der Waals surface area (Å²) in [4.78, 5) is 18.4. The molecule has 0 aliphatic heterocycles. The van der Waals surface area contributed by atoms with Crippen molar-refractivity contribution < 1.29 is 15.3 Å². The van der Waals surface area contributed by atoms with Crippen LogP contribution in [0.2, 0.25) is 0 Å². The SMILES string of the molecule is Cc1nc(NCc2nccs2)nc(N[C@@H]2C[C@H](CO)[C@@H](O)[C@H]2O)c1-c1nc2ccccc2s1. The minimum absolute atomic E-state index is 0.190. The Balaban J connectivity index is 1.52. The van der Waals surface area contributed by atoms with Crippen LogP contribution in [0.1, 0.15) is 17.1 Å². The summed E-state index contributed by atoms with van der Waals surface area (Å²) in [5.41, 5.74) is 2.38. The average Bonchev–Trinajstić information content (AvgIpc) is 3.53. The van der Waals surface area contributed by atoms with Gasteiger partial charge in [0.1, 0.15) is 21.9 Å². The second kappa shape index (κ2) is 9.27. The van der Waals surface area contributed by atoms with Crippen molar-refractivity contribution in [2.45, 2.75) is 38.1 Å². The number of thiazole rings is 2. The lowest BCUT2D eigenvalue weighted by molar-refractivity contribution is 0.00446. The van der Waals surface area contributed by atoms with Gasteiger partial charge in [0.05, 0.1) is 40.2 Å². The van der Waals surface area contributed by atoms with Gasteiger partial charge in [-0.3, -0.25) is 0 Å². The zero-order valence-electron chi connectivity index (χ0n) is 17.8. The molecule has 0 amide bonds. The number of nitrogens with one attached hydrogen (secondary N) is 2. The van der Waals surface area contributed by atoms with Crippen LogP contribution in [0.25, 0.3) is 20.8 Å². The van der Waals surface area contributed by atoms with Gasteiger partial charge in [-0.25, -0.2) is 15.0 Å². The Hall–Kier alpha value is -2.70. The largest absolute Gasteiger partial charge is 0.396 e. The number of para-hydroxylation sites is 1. The van der Waals surface area contributed by atoms with E-state index in [9.17, 15) is 15.3 Å². The maximum atomic E-state index is 10.6. The van der Waals surface area contributed by atoms with Crippen LogP contribution < -0.4 is 10.6 Å². The molecule has 33 heavy (non-hydrogen) atoms. The number of rotatable bonds is 7. The quantitative estimate of drug-likeness (QED) is 0.268. The van der Waals surface area contributed by atoms with E-state index >= 15 is 0 Å². The van der Waals surface area contributed by atoms with Gasteiger partial charge in [-0.05, 0) is 25.5 Å². The lowest BCUT2D eigenvalue weighted by atomic mass is 10.1. The predicted molar refractivity (Wildman–Crippen MR) is 129 cm³/mol. The monoisotopic (exact) mass is 484 g/mol. The highest BCUT2D eigenvalue weighted by atomic mass is 32.1. The van der Waals surface area contributed by atoms with Crippen LogP contribution in [-0.2, 0) is 6.54 Å². The van der Waals surface area contributed by atoms with Crippen LogP contribution in [0.15, 0.2) is 35.8 Å². The van der Waals surface area contributed by atoms with Crippen molar-refractivity contribution in [2.24, 2.45) is 5.92 Å². The van der Waals surface area contributed by atoms with Crippen molar-refractivity contribution in [1.82, 2.24) is 19.9 Å². The molecule has 5 rings (SSSR count). The molecule has 0 spiro atoms. The Labute approximate surface area is 198 Å². The first-order valence-electron chi connectivity index (χ1n) is 10.6. The predicted octanol–water partition coefficient (Wildman–Crippen LogP) is 2.64. The van der Waals surface area contributed by atoms with Gasteiger partial charge in [0.25, 0.3) is 0 Å². The van der Waals surface area contributed by atoms with Crippen LogP contribution >= 0.6 is 22.7 Å². The molecule has 172 valence electrons. The van der Waals surface area contributed by atoms with Gasteiger partial charge in [-0.15, -0.1) is 22.7 Å². The minimum atomic E-state index is -1.02. The first kappa shape index (κ1) is 22.1. The van der Waals surface area contributed by atoms with Gasteiger partial charge in [0, 0.05) is 24.1 Å².